The van der Waals surface area contributed by atoms with E-state index in [0.29, 0.717) is 28.8 Å². The lowest BCUT2D eigenvalue weighted by Gasteiger charge is -2.12. The Morgan fingerprint density at radius 2 is 1.76 bits per heavy atom. The Bertz CT molecular complexity index is 1110. The lowest BCUT2D eigenvalue weighted by atomic mass is 9.94. The molecule has 0 aliphatic carbocycles. The molecule has 3 aromatic carbocycles. The van der Waals surface area contributed by atoms with Crippen molar-refractivity contribution >= 4 is 17.2 Å². The van der Waals surface area contributed by atoms with Gasteiger partial charge in [0.05, 0.1) is 10.6 Å². The molecule has 0 fully saturated rings. The third-order valence-corrected chi connectivity index (χ3v) is 4.99. The monoisotopic (exact) mass is 386 g/mol. The zero-order valence-electron chi connectivity index (χ0n) is 15.5. The molecule has 0 spiro atoms. The van der Waals surface area contributed by atoms with Gasteiger partial charge in [-0.15, -0.1) is 0 Å². The van der Waals surface area contributed by atoms with Gasteiger partial charge < -0.3 is 5.11 Å². The highest BCUT2D eigenvalue weighted by atomic mass is 16.6. The smallest absolute Gasteiger partial charge is 0.270 e. The van der Waals surface area contributed by atoms with Crippen LogP contribution in [-0.4, -0.2) is 27.6 Å². The molecule has 4 rings (SSSR count). The van der Waals surface area contributed by atoms with Gasteiger partial charge in [0.2, 0.25) is 0 Å². The van der Waals surface area contributed by atoms with Crippen molar-refractivity contribution in [3.05, 3.63) is 105 Å². The van der Waals surface area contributed by atoms with E-state index < -0.39 is 11.0 Å². The number of hydrogen-bond donors (Lipinski definition) is 1. The Kier molecular flexibility index (Phi) is 4.91. The standard InChI is InChI=1S/C23H18N2O4/c26-19-10-7-16(8-11-19)23-20-14-18(25(28)29)9-6-17(20)13-22(27)21(24-23)12-15-4-2-1-3-5-15/h1-11,14,21,26H,12-13H2. The molecule has 6 nitrogen and oxygen atoms in total. The van der Waals surface area contributed by atoms with Crippen LogP contribution in [0.2, 0.25) is 0 Å². The van der Waals surface area contributed by atoms with Gasteiger partial charge in [0.15, 0.2) is 5.78 Å². The molecule has 0 aromatic heterocycles. The number of carbonyl (C=O) groups is 1. The summed E-state index contributed by atoms with van der Waals surface area (Å²) in [6.07, 6.45) is 0.618. The summed E-state index contributed by atoms with van der Waals surface area (Å²) in [5.74, 6) is 0.0804. The summed E-state index contributed by atoms with van der Waals surface area (Å²) in [5, 5.41) is 20.9. The normalized spacial score (nSPS) is 15.9. The zero-order chi connectivity index (χ0) is 20.4. The van der Waals surface area contributed by atoms with Crippen molar-refractivity contribution in [3.8, 4) is 5.75 Å². The van der Waals surface area contributed by atoms with Crippen molar-refractivity contribution in [1.29, 1.82) is 0 Å². The van der Waals surface area contributed by atoms with Crippen LogP contribution in [0.15, 0.2) is 77.8 Å². The van der Waals surface area contributed by atoms with E-state index in [9.17, 15) is 20.0 Å². The van der Waals surface area contributed by atoms with Crippen LogP contribution in [0.3, 0.4) is 0 Å². The fraction of sp³-hybridized carbons (Fsp3) is 0.130. The van der Waals surface area contributed by atoms with Crippen LogP contribution in [0.1, 0.15) is 22.3 Å². The maximum absolute atomic E-state index is 13.0. The second-order valence-corrected chi connectivity index (χ2v) is 6.97. The van der Waals surface area contributed by atoms with Crippen LogP contribution in [0.25, 0.3) is 0 Å². The fourth-order valence-corrected chi connectivity index (χ4v) is 3.50. The van der Waals surface area contributed by atoms with Crippen molar-refractivity contribution in [3.63, 3.8) is 0 Å². The minimum absolute atomic E-state index is 0.0299. The highest BCUT2D eigenvalue weighted by Gasteiger charge is 2.27. The Labute approximate surface area is 167 Å². The second kappa shape index (κ2) is 7.67. The quantitative estimate of drug-likeness (QED) is 0.544. The van der Waals surface area contributed by atoms with Crippen molar-refractivity contribution in [2.45, 2.75) is 18.9 Å². The number of carbonyl (C=O) groups excluding carboxylic acids is 1. The molecule has 6 heteroatoms. The van der Waals surface area contributed by atoms with Gasteiger partial charge in [-0.3, -0.25) is 19.9 Å². The predicted molar refractivity (Wildman–Crippen MR) is 109 cm³/mol. The first kappa shape index (κ1) is 18.6. The van der Waals surface area contributed by atoms with E-state index in [1.54, 1.807) is 18.2 Å². The topological polar surface area (TPSA) is 92.8 Å². The average molecular weight is 386 g/mol. The number of phenolic OH excluding ortho intramolecular Hbond substituents is 1. The molecule has 0 bridgehead atoms. The molecule has 0 amide bonds. The third-order valence-electron chi connectivity index (χ3n) is 4.99. The Hall–Kier alpha value is -3.80. The van der Waals surface area contributed by atoms with Gasteiger partial charge in [0.25, 0.3) is 5.69 Å². The summed E-state index contributed by atoms with van der Waals surface area (Å²) in [4.78, 5) is 28.5. The SMILES string of the molecule is O=C1Cc2ccc([N+](=O)[O-])cc2C(c2ccc(O)cc2)=NC1Cc1ccccc1. The maximum atomic E-state index is 13.0. The number of rotatable bonds is 4. The number of aromatic hydroxyl groups is 1. The molecule has 29 heavy (non-hydrogen) atoms. The molecule has 3 aromatic rings. The number of nitrogens with zero attached hydrogens (tertiary/aromatic N) is 2. The van der Waals surface area contributed by atoms with Crippen molar-refractivity contribution < 1.29 is 14.8 Å². The number of aliphatic imine (C=N–C) groups is 1. The highest BCUT2D eigenvalue weighted by Crippen LogP contribution is 2.27. The van der Waals surface area contributed by atoms with Crippen molar-refractivity contribution in [2.24, 2.45) is 4.99 Å². The number of benzene rings is 3. The average Bonchev–Trinajstić information content (AvgIpc) is 2.85. The Morgan fingerprint density at radius 1 is 1.03 bits per heavy atom. The van der Waals surface area contributed by atoms with Crippen molar-refractivity contribution in [1.82, 2.24) is 0 Å². The lowest BCUT2D eigenvalue weighted by Crippen LogP contribution is -2.22. The van der Waals surface area contributed by atoms with Gasteiger partial charge >= 0.3 is 0 Å². The van der Waals surface area contributed by atoms with Crippen LogP contribution in [0, 0.1) is 10.1 Å². The van der Waals surface area contributed by atoms with Gasteiger partial charge in [-0.05, 0) is 35.4 Å². The van der Waals surface area contributed by atoms with E-state index in [0.717, 1.165) is 5.56 Å². The predicted octanol–water partition coefficient (Wildman–Crippen LogP) is 3.87. The molecule has 1 aliphatic heterocycles. The number of non-ortho nitro benzene ring substituents is 1. The Morgan fingerprint density at radius 3 is 2.45 bits per heavy atom. The molecular formula is C23H18N2O4. The molecular weight excluding hydrogens is 368 g/mol. The van der Waals surface area contributed by atoms with Gasteiger partial charge in [0.1, 0.15) is 11.8 Å². The number of nitro groups is 1. The summed E-state index contributed by atoms with van der Waals surface area (Å²) in [6, 6.07) is 20.0. The van der Waals surface area contributed by atoms with Gasteiger partial charge in [-0.25, -0.2) is 0 Å². The van der Waals surface area contributed by atoms with Crippen LogP contribution in [-0.2, 0) is 17.6 Å². The largest absolute Gasteiger partial charge is 0.508 e. The second-order valence-electron chi connectivity index (χ2n) is 6.97. The van der Waals surface area contributed by atoms with Crippen LogP contribution >= 0.6 is 0 Å². The van der Waals surface area contributed by atoms with Gasteiger partial charge in [-0.1, -0.05) is 36.4 Å². The first-order valence-corrected chi connectivity index (χ1v) is 9.23. The molecule has 0 radical (unpaired) electrons. The van der Waals surface area contributed by atoms with Gasteiger partial charge in [-0.2, -0.15) is 0 Å². The number of ketones is 1. The fourth-order valence-electron chi connectivity index (χ4n) is 3.50. The summed E-state index contributed by atoms with van der Waals surface area (Å²) in [6.45, 7) is 0. The van der Waals surface area contributed by atoms with E-state index in [1.807, 2.05) is 30.3 Å². The first-order chi connectivity index (χ1) is 14.0. The Balaban J connectivity index is 1.85. The molecule has 1 unspecified atom stereocenters. The lowest BCUT2D eigenvalue weighted by molar-refractivity contribution is -0.384. The minimum Gasteiger partial charge on any atom is -0.508 e. The zero-order valence-corrected chi connectivity index (χ0v) is 15.5. The van der Waals surface area contributed by atoms with Crippen LogP contribution in [0.4, 0.5) is 5.69 Å². The van der Waals surface area contributed by atoms with Gasteiger partial charge in [0, 0.05) is 36.1 Å². The third kappa shape index (κ3) is 3.91. The number of nitro benzene ring substituents is 1. The molecule has 1 atom stereocenters. The molecule has 0 saturated heterocycles. The molecule has 1 N–H and O–H groups in total. The van der Waals surface area contributed by atoms with E-state index in [4.69, 9.17) is 4.99 Å². The molecule has 144 valence electrons. The molecule has 1 heterocycles. The highest BCUT2D eigenvalue weighted by molar-refractivity contribution is 6.16. The number of fused-ring (bicyclic) bond motifs is 1. The summed E-state index contributed by atoms with van der Waals surface area (Å²) in [5.41, 5.74) is 3.45. The summed E-state index contributed by atoms with van der Waals surface area (Å²) < 4.78 is 0. The summed E-state index contributed by atoms with van der Waals surface area (Å²) >= 11 is 0. The number of hydrogen-bond acceptors (Lipinski definition) is 5. The van der Waals surface area contributed by atoms with Crippen LogP contribution < -0.4 is 0 Å². The van der Waals surface area contributed by atoms with Crippen LogP contribution in [0.5, 0.6) is 5.75 Å². The molecule has 0 saturated carbocycles. The first-order valence-electron chi connectivity index (χ1n) is 9.23. The van der Waals surface area contributed by atoms with E-state index in [2.05, 4.69) is 0 Å². The van der Waals surface area contributed by atoms with E-state index in [-0.39, 0.29) is 23.6 Å². The van der Waals surface area contributed by atoms with E-state index >= 15 is 0 Å². The molecule has 1 aliphatic rings. The number of phenols is 1. The minimum atomic E-state index is -0.590. The summed E-state index contributed by atoms with van der Waals surface area (Å²) in [7, 11) is 0. The maximum Gasteiger partial charge on any atom is 0.270 e. The van der Waals surface area contributed by atoms with E-state index in [1.165, 1.54) is 24.3 Å². The van der Waals surface area contributed by atoms with Crippen molar-refractivity contribution in [2.75, 3.05) is 0 Å². The number of Topliss-reactive ketones (excluding diaryl/α,β-unsaturated/α-hetero) is 1.